The Balaban J connectivity index is 1.59. The predicted octanol–water partition coefficient (Wildman–Crippen LogP) is 5.30. The van der Waals surface area contributed by atoms with Crippen molar-refractivity contribution >= 4 is 17.8 Å². The van der Waals surface area contributed by atoms with E-state index in [9.17, 15) is 14.7 Å². The fourth-order valence-corrected chi connectivity index (χ4v) is 4.22. The molecule has 0 fully saturated rings. The summed E-state index contributed by atoms with van der Waals surface area (Å²) in [6.45, 7) is 2.00. The molecule has 0 aliphatic carbocycles. The molecule has 0 aromatic heterocycles. The molecule has 174 valence electrons. The van der Waals surface area contributed by atoms with E-state index in [4.69, 9.17) is 4.74 Å². The highest BCUT2D eigenvalue weighted by Crippen LogP contribution is 2.30. The summed E-state index contributed by atoms with van der Waals surface area (Å²) in [4.78, 5) is 31.7. The number of aliphatic imine (C=N–C) groups is 1. The molecule has 1 aliphatic rings. The normalized spacial score (nSPS) is 18.0. The van der Waals surface area contributed by atoms with E-state index in [2.05, 4.69) is 4.99 Å². The summed E-state index contributed by atoms with van der Waals surface area (Å²) in [6, 6.07) is 27.5. The standard InChI is InChI=1S/C28H28N2O4/c1-20-26(23-15-9-4-10-16-23)34-27(29-20)25(31)24(18-17-21-11-5-2-6-12-21)30(28(32)33)19-22-13-7-3-8-14-22/h2-16,20,24,26H,17-19H2,1H3,(H,32,33)/t20-,24?,26+/m0/s1. The van der Waals surface area contributed by atoms with Crippen molar-refractivity contribution in [1.82, 2.24) is 4.90 Å². The minimum atomic E-state index is -1.15. The third-order valence-corrected chi connectivity index (χ3v) is 6.01. The number of hydrogen-bond acceptors (Lipinski definition) is 4. The molecule has 0 radical (unpaired) electrons. The van der Waals surface area contributed by atoms with E-state index in [1.54, 1.807) is 0 Å². The highest BCUT2D eigenvalue weighted by molar-refractivity contribution is 6.39. The van der Waals surface area contributed by atoms with Gasteiger partial charge in [0.15, 0.2) is 0 Å². The lowest BCUT2D eigenvalue weighted by molar-refractivity contribution is -0.119. The molecule has 1 N–H and O–H groups in total. The van der Waals surface area contributed by atoms with Crippen LogP contribution in [0, 0.1) is 0 Å². The van der Waals surface area contributed by atoms with Crippen LogP contribution in [-0.2, 0) is 22.5 Å². The number of carbonyl (C=O) groups excluding carboxylic acids is 1. The number of ether oxygens (including phenoxy) is 1. The van der Waals surface area contributed by atoms with Gasteiger partial charge in [-0.1, -0.05) is 91.0 Å². The lowest BCUT2D eigenvalue weighted by Gasteiger charge is -2.28. The van der Waals surface area contributed by atoms with Gasteiger partial charge in [-0.3, -0.25) is 9.69 Å². The number of hydrogen-bond donors (Lipinski definition) is 1. The number of benzene rings is 3. The maximum absolute atomic E-state index is 13.7. The van der Waals surface area contributed by atoms with Crippen LogP contribution in [0.5, 0.6) is 0 Å². The van der Waals surface area contributed by atoms with Crippen LogP contribution in [0.15, 0.2) is 96.0 Å². The first-order chi connectivity index (χ1) is 16.5. The first kappa shape index (κ1) is 23.2. The quantitative estimate of drug-likeness (QED) is 0.474. The van der Waals surface area contributed by atoms with E-state index in [1.165, 1.54) is 4.90 Å². The molecule has 0 spiro atoms. The van der Waals surface area contributed by atoms with E-state index >= 15 is 0 Å². The molecule has 0 bridgehead atoms. The molecular formula is C28H28N2O4. The lowest BCUT2D eigenvalue weighted by Crippen LogP contribution is -2.47. The van der Waals surface area contributed by atoms with Crippen LogP contribution < -0.4 is 0 Å². The number of amides is 1. The first-order valence-corrected chi connectivity index (χ1v) is 11.4. The van der Waals surface area contributed by atoms with Crippen molar-refractivity contribution in [2.24, 2.45) is 4.99 Å². The van der Waals surface area contributed by atoms with Crippen LogP contribution in [0.4, 0.5) is 4.79 Å². The lowest BCUT2D eigenvalue weighted by atomic mass is 10.00. The Morgan fingerprint density at radius 2 is 1.47 bits per heavy atom. The van der Waals surface area contributed by atoms with E-state index in [0.29, 0.717) is 12.8 Å². The number of carbonyl (C=O) groups is 2. The fraction of sp³-hybridized carbons (Fsp3) is 0.250. The van der Waals surface area contributed by atoms with Gasteiger partial charge in [0.1, 0.15) is 12.1 Å². The van der Waals surface area contributed by atoms with Crippen molar-refractivity contribution in [2.75, 3.05) is 0 Å². The largest absolute Gasteiger partial charge is 0.465 e. The van der Waals surface area contributed by atoms with Gasteiger partial charge in [0.05, 0.1) is 6.04 Å². The molecule has 6 heteroatoms. The van der Waals surface area contributed by atoms with E-state index < -0.39 is 17.9 Å². The molecule has 3 aromatic carbocycles. The molecule has 1 amide bonds. The fourth-order valence-electron chi connectivity index (χ4n) is 4.22. The number of nitrogens with zero attached hydrogens (tertiary/aromatic N) is 2. The van der Waals surface area contributed by atoms with Crippen molar-refractivity contribution in [3.8, 4) is 0 Å². The minimum absolute atomic E-state index is 0.00118. The van der Waals surface area contributed by atoms with Gasteiger partial charge in [0.25, 0.3) is 5.90 Å². The van der Waals surface area contributed by atoms with Crippen LogP contribution in [0.2, 0.25) is 0 Å². The minimum Gasteiger partial charge on any atom is -0.465 e. The third kappa shape index (κ3) is 5.52. The van der Waals surface area contributed by atoms with Crippen LogP contribution in [-0.4, -0.2) is 39.9 Å². The van der Waals surface area contributed by atoms with Gasteiger partial charge in [0.2, 0.25) is 5.78 Å². The smallest absolute Gasteiger partial charge is 0.408 e. The van der Waals surface area contributed by atoms with Crippen LogP contribution in [0.3, 0.4) is 0 Å². The highest BCUT2D eigenvalue weighted by Gasteiger charge is 2.39. The average molecular weight is 457 g/mol. The number of rotatable bonds is 9. The Morgan fingerprint density at radius 3 is 2.06 bits per heavy atom. The van der Waals surface area contributed by atoms with Gasteiger partial charge >= 0.3 is 6.09 Å². The molecule has 1 heterocycles. The van der Waals surface area contributed by atoms with Crippen LogP contribution in [0.25, 0.3) is 0 Å². The second-order valence-electron chi connectivity index (χ2n) is 8.42. The topological polar surface area (TPSA) is 79.2 Å². The van der Waals surface area contributed by atoms with Gasteiger partial charge < -0.3 is 9.84 Å². The summed E-state index contributed by atoms with van der Waals surface area (Å²) in [6.07, 6.45) is -0.640. The number of aryl methyl sites for hydroxylation is 1. The zero-order valence-electron chi connectivity index (χ0n) is 19.1. The van der Waals surface area contributed by atoms with E-state index in [-0.39, 0.29) is 24.6 Å². The van der Waals surface area contributed by atoms with E-state index in [1.807, 2.05) is 97.9 Å². The van der Waals surface area contributed by atoms with Crippen molar-refractivity contribution in [3.05, 3.63) is 108 Å². The molecule has 0 saturated heterocycles. The summed E-state index contributed by atoms with van der Waals surface area (Å²) >= 11 is 0. The van der Waals surface area contributed by atoms with Crippen molar-refractivity contribution in [1.29, 1.82) is 0 Å². The Bertz CT molecular complexity index is 1130. The van der Waals surface area contributed by atoms with Crippen LogP contribution in [0.1, 0.15) is 36.1 Å². The maximum Gasteiger partial charge on any atom is 0.408 e. The highest BCUT2D eigenvalue weighted by atomic mass is 16.5. The number of Topliss-reactive ketones (excluding diaryl/α,β-unsaturated/α-hetero) is 1. The molecule has 1 aliphatic heterocycles. The Morgan fingerprint density at radius 1 is 0.912 bits per heavy atom. The Kier molecular flexibility index (Phi) is 7.38. The molecule has 0 saturated carbocycles. The van der Waals surface area contributed by atoms with Gasteiger partial charge in [-0.25, -0.2) is 9.79 Å². The average Bonchev–Trinajstić information content (AvgIpc) is 3.26. The Hall–Kier alpha value is -3.93. The molecule has 3 aromatic rings. The SMILES string of the molecule is C[C@@H]1N=C(C(=O)C(CCc2ccccc2)N(Cc2ccccc2)C(=O)O)O[C@H]1c1ccccc1. The van der Waals surface area contributed by atoms with Gasteiger partial charge in [-0.15, -0.1) is 0 Å². The Labute approximate surface area is 199 Å². The summed E-state index contributed by atoms with van der Waals surface area (Å²) in [7, 11) is 0. The van der Waals surface area contributed by atoms with Crippen molar-refractivity contribution in [3.63, 3.8) is 0 Å². The summed E-state index contributed by atoms with van der Waals surface area (Å²) in [5, 5.41) is 10.1. The van der Waals surface area contributed by atoms with Gasteiger partial charge in [-0.2, -0.15) is 0 Å². The van der Waals surface area contributed by atoms with Crippen molar-refractivity contribution in [2.45, 2.75) is 44.5 Å². The van der Waals surface area contributed by atoms with Gasteiger partial charge in [-0.05, 0) is 36.5 Å². The zero-order chi connectivity index (χ0) is 23.9. The molecule has 4 rings (SSSR count). The number of carboxylic acid groups (broad SMARTS) is 1. The third-order valence-electron chi connectivity index (χ3n) is 6.01. The molecule has 1 unspecified atom stereocenters. The summed E-state index contributed by atoms with van der Waals surface area (Å²) < 4.78 is 6.02. The molecule has 6 nitrogen and oxygen atoms in total. The van der Waals surface area contributed by atoms with Crippen LogP contribution >= 0.6 is 0 Å². The molecular weight excluding hydrogens is 428 g/mol. The predicted molar refractivity (Wildman–Crippen MR) is 131 cm³/mol. The maximum atomic E-state index is 13.7. The second kappa shape index (κ2) is 10.8. The van der Waals surface area contributed by atoms with Gasteiger partial charge in [0, 0.05) is 6.54 Å². The zero-order valence-corrected chi connectivity index (χ0v) is 19.1. The van der Waals surface area contributed by atoms with Crippen molar-refractivity contribution < 1.29 is 19.4 Å². The summed E-state index contributed by atoms with van der Waals surface area (Å²) in [5.41, 5.74) is 2.78. The molecule has 3 atom stereocenters. The second-order valence-corrected chi connectivity index (χ2v) is 8.42. The first-order valence-electron chi connectivity index (χ1n) is 11.4. The number of ketones is 1. The summed E-state index contributed by atoms with van der Waals surface area (Å²) in [5.74, 6) is -0.404. The molecule has 34 heavy (non-hydrogen) atoms. The monoisotopic (exact) mass is 456 g/mol. The van der Waals surface area contributed by atoms with E-state index in [0.717, 1.165) is 16.7 Å².